The SMILES string of the molecule is CCc1nn(C)cc1C(=O)NCc1cccc(Cl)c1. The van der Waals surface area contributed by atoms with Crippen molar-refractivity contribution in [1.82, 2.24) is 15.1 Å². The lowest BCUT2D eigenvalue weighted by molar-refractivity contribution is 0.0950. The summed E-state index contributed by atoms with van der Waals surface area (Å²) in [5.74, 6) is -0.107. The zero-order valence-corrected chi connectivity index (χ0v) is 11.7. The molecule has 1 amide bonds. The third kappa shape index (κ3) is 3.35. The number of carbonyl (C=O) groups is 1. The molecule has 0 spiro atoms. The third-order valence-electron chi connectivity index (χ3n) is 2.83. The van der Waals surface area contributed by atoms with E-state index in [-0.39, 0.29) is 5.91 Å². The van der Waals surface area contributed by atoms with Crippen LogP contribution in [0.4, 0.5) is 0 Å². The molecule has 0 fully saturated rings. The first-order chi connectivity index (χ1) is 9.10. The van der Waals surface area contributed by atoms with Gasteiger partial charge >= 0.3 is 0 Å². The van der Waals surface area contributed by atoms with E-state index in [2.05, 4.69) is 10.4 Å². The van der Waals surface area contributed by atoms with Crippen molar-refractivity contribution >= 4 is 17.5 Å². The van der Waals surface area contributed by atoms with Gasteiger partial charge in [0.25, 0.3) is 5.91 Å². The minimum Gasteiger partial charge on any atom is -0.348 e. The maximum atomic E-state index is 12.1. The molecular formula is C14H16ClN3O. The van der Waals surface area contributed by atoms with E-state index in [4.69, 9.17) is 11.6 Å². The van der Waals surface area contributed by atoms with Crippen LogP contribution in [0.2, 0.25) is 5.02 Å². The van der Waals surface area contributed by atoms with Gasteiger partial charge in [0.2, 0.25) is 0 Å². The summed E-state index contributed by atoms with van der Waals surface area (Å²) in [7, 11) is 1.81. The molecule has 1 aromatic carbocycles. The number of rotatable bonds is 4. The number of carbonyl (C=O) groups excluding carboxylic acids is 1. The molecule has 1 N–H and O–H groups in total. The second kappa shape index (κ2) is 5.89. The molecule has 0 unspecified atom stereocenters. The van der Waals surface area contributed by atoms with Crippen LogP contribution >= 0.6 is 11.6 Å². The molecule has 2 aromatic rings. The van der Waals surface area contributed by atoms with Gasteiger partial charge in [-0.3, -0.25) is 9.48 Å². The van der Waals surface area contributed by atoms with Gasteiger partial charge in [-0.1, -0.05) is 30.7 Å². The molecule has 2 rings (SSSR count). The highest BCUT2D eigenvalue weighted by Crippen LogP contribution is 2.11. The molecular weight excluding hydrogens is 262 g/mol. The van der Waals surface area contributed by atoms with Crippen LogP contribution in [0.25, 0.3) is 0 Å². The molecule has 100 valence electrons. The topological polar surface area (TPSA) is 46.9 Å². The average molecular weight is 278 g/mol. The van der Waals surface area contributed by atoms with Gasteiger partial charge in [-0.25, -0.2) is 0 Å². The summed E-state index contributed by atoms with van der Waals surface area (Å²) in [5, 5.41) is 7.80. The molecule has 0 aliphatic rings. The zero-order valence-electron chi connectivity index (χ0n) is 11.0. The highest BCUT2D eigenvalue weighted by molar-refractivity contribution is 6.30. The maximum absolute atomic E-state index is 12.1. The normalized spacial score (nSPS) is 10.5. The molecule has 0 radical (unpaired) electrons. The highest BCUT2D eigenvalue weighted by atomic mass is 35.5. The molecule has 5 heteroatoms. The molecule has 0 aliphatic carbocycles. The molecule has 19 heavy (non-hydrogen) atoms. The largest absolute Gasteiger partial charge is 0.348 e. The Hall–Kier alpha value is -1.81. The summed E-state index contributed by atoms with van der Waals surface area (Å²) in [6, 6.07) is 7.44. The molecule has 0 saturated heterocycles. The smallest absolute Gasteiger partial charge is 0.255 e. The van der Waals surface area contributed by atoms with Gasteiger partial charge in [-0.15, -0.1) is 0 Å². The molecule has 0 atom stereocenters. The van der Waals surface area contributed by atoms with Gasteiger partial charge in [-0.2, -0.15) is 5.10 Å². The van der Waals surface area contributed by atoms with E-state index in [1.54, 1.807) is 10.9 Å². The molecule has 4 nitrogen and oxygen atoms in total. The predicted octanol–water partition coefficient (Wildman–Crippen LogP) is 2.57. The van der Waals surface area contributed by atoms with E-state index < -0.39 is 0 Å². The minimum atomic E-state index is -0.107. The average Bonchev–Trinajstić information content (AvgIpc) is 2.77. The standard InChI is InChI=1S/C14H16ClN3O/c1-3-13-12(9-18(2)17-13)14(19)16-8-10-5-4-6-11(15)7-10/h4-7,9H,3,8H2,1-2H3,(H,16,19). The summed E-state index contributed by atoms with van der Waals surface area (Å²) >= 11 is 5.90. The Morgan fingerprint density at radius 1 is 1.47 bits per heavy atom. The van der Waals surface area contributed by atoms with Crippen LogP contribution in [0.5, 0.6) is 0 Å². The van der Waals surface area contributed by atoms with Crippen LogP contribution in [0.3, 0.4) is 0 Å². The fraction of sp³-hybridized carbons (Fsp3) is 0.286. The minimum absolute atomic E-state index is 0.107. The summed E-state index contributed by atoms with van der Waals surface area (Å²) in [5.41, 5.74) is 2.42. The fourth-order valence-corrected chi connectivity index (χ4v) is 2.12. The second-order valence-corrected chi connectivity index (χ2v) is 4.77. The lowest BCUT2D eigenvalue weighted by Gasteiger charge is -2.05. The van der Waals surface area contributed by atoms with Gasteiger partial charge in [0.05, 0.1) is 11.3 Å². The lowest BCUT2D eigenvalue weighted by atomic mass is 10.2. The molecule has 1 heterocycles. The van der Waals surface area contributed by atoms with Crippen molar-refractivity contribution in [3.05, 3.63) is 52.3 Å². The second-order valence-electron chi connectivity index (χ2n) is 4.33. The van der Waals surface area contributed by atoms with Gasteiger partial charge in [0.15, 0.2) is 0 Å². The Morgan fingerprint density at radius 2 is 2.26 bits per heavy atom. The number of nitrogens with zero attached hydrogens (tertiary/aromatic N) is 2. The Morgan fingerprint density at radius 3 is 2.95 bits per heavy atom. The van der Waals surface area contributed by atoms with E-state index >= 15 is 0 Å². The Kier molecular flexibility index (Phi) is 4.22. The van der Waals surface area contributed by atoms with Crippen molar-refractivity contribution in [2.75, 3.05) is 0 Å². The van der Waals surface area contributed by atoms with Crippen LogP contribution in [0.1, 0.15) is 28.5 Å². The van der Waals surface area contributed by atoms with Crippen molar-refractivity contribution in [2.45, 2.75) is 19.9 Å². The Balaban J connectivity index is 2.05. The van der Waals surface area contributed by atoms with E-state index in [1.807, 2.05) is 38.2 Å². The number of amides is 1. The van der Waals surface area contributed by atoms with Crippen molar-refractivity contribution in [3.8, 4) is 0 Å². The van der Waals surface area contributed by atoms with Crippen LogP contribution in [0.15, 0.2) is 30.5 Å². The number of benzene rings is 1. The summed E-state index contributed by atoms with van der Waals surface area (Å²) in [4.78, 5) is 12.1. The molecule has 0 saturated carbocycles. The molecule has 0 bridgehead atoms. The summed E-state index contributed by atoms with van der Waals surface area (Å²) in [6.07, 6.45) is 2.48. The maximum Gasteiger partial charge on any atom is 0.255 e. The first-order valence-corrected chi connectivity index (χ1v) is 6.53. The Labute approximate surface area is 117 Å². The van der Waals surface area contributed by atoms with Gasteiger partial charge in [0, 0.05) is 24.8 Å². The van der Waals surface area contributed by atoms with E-state index in [0.29, 0.717) is 17.1 Å². The van der Waals surface area contributed by atoms with Crippen molar-refractivity contribution < 1.29 is 4.79 Å². The van der Waals surface area contributed by atoms with E-state index in [9.17, 15) is 4.79 Å². The van der Waals surface area contributed by atoms with Crippen LogP contribution < -0.4 is 5.32 Å². The number of nitrogens with one attached hydrogen (secondary N) is 1. The van der Waals surface area contributed by atoms with Crippen molar-refractivity contribution in [3.63, 3.8) is 0 Å². The summed E-state index contributed by atoms with van der Waals surface area (Å²) < 4.78 is 1.66. The third-order valence-corrected chi connectivity index (χ3v) is 3.06. The molecule has 0 aliphatic heterocycles. The first-order valence-electron chi connectivity index (χ1n) is 6.15. The van der Waals surface area contributed by atoms with Crippen LogP contribution in [-0.2, 0) is 20.0 Å². The van der Waals surface area contributed by atoms with Crippen LogP contribution in [0, 0.1) is 0 Å². The lowest BCUT2D eigenvalue weighted by Crippen LogP contribution is -2.23. The quantitative estimate of drug-likeness (QED) is 0.934. The summed E-state index contributed by atoms with van der Waals surface area (Å²) in [6.45, 7) is 2.44. The molecule has 1 aromatic heterocycles. The first kappa shape index (κ1) is 13.6. The van der Waals surface area contributed by atoms with Crippen LogP contribution in [-0.4, -0.2) is 15.7 Å². The number of halogens is 1. The zero-order chi connectivity index (χ0) is 13.8. The van der Waals surface area contributed by atoms with Gasteiger partial charge < -0.3 is 5.32 Å². The van der Waals surface area contributed by atoms with E-state index in [0.717, 1.165) is 17.7 Å². The predicted molar refractivity (Wildman–Crippen MR) is 75.2 cm³/mol. The number of aryl methyl sites for hydroxylation is 2. The van der Waals surface area contributed by atoms with Gasteiger partial charge in [-0.05, 0) is 24.1 Å². The number of hydrogen-bond donors (Lipinski definition) is 1. The fourth-order valence-electron chi connectivity index (χ4n) is 1.91. The van der Waals surface area contributed by atoms with E-state index in [1.165, 1.54) is 0 Å². The van der Waals surface area contributed by atoms with Gasteiger partial charge in [0.1, 0.15) is 0 Å². The van der Waals surface area contributed by atoms with Crippen molar-refractivity contribution in [2.24, 2.45) is 7.05 Å². The highest BCUT2D eigenvalue weighted by Gasteiger charge is 2.13. The number of aromatic nitrogens is 2. The Bertz CT molecular complexity index is 592. The van der Waals surface area contributed by atoms with Crippen molar-refractivity contribution in [1.29, 1.82) is 0 Å². The monoisotopic (exact) mass is 277 g/mol. The number of hydrogen-bond acceptors (Lipinski definition) is 2.